The van der Waals surface area contributed by atoms with Crippen LogP contribution in [0.25, 0.3) is 11.1 Å². The number of aromatic nitrogens is 1. The van der Waals surface area contributed by atoms with Crippen molar-refractivity contribution in [2.75, 3.05) is 20.1 Å². The highest BCUT2D eigenvalue weighted by atomic mass is 16.3. The van der Waals surface area contributed by atoms with Gasteiger partial charge in [-0.05, 0) is 31.2 Å². The maximum Gasteiger partial charge on any atom is 0.181 e. The SMILES string of the molecule is CN(CCc1ccc2ncoc2c1)CC(=O)CC#N. The Balaban J connectivity index is 1.87. The Labute approximate surface area is 111 Å². The molecule has 2 aromatic rings. The molecule has 0 unspecified atom stereocenters. The number of rotatable bonds is 6. The number of carbonyl (C=O) groups is 1. The minimum atomic E-state index is -0.0457. The number of hydrogen-bond donors (Lipinski definition) is 0. The molecule has 1 heterocycles. The Hall–Kier alpha value is -2.19. The standard InChI is InChI=1S/C14H15N3O2/c1-17(9-12(18)4-6-15)7-5-11-2-3-13-14(8-11)19-10-16-13/h2-3,8,10H,4-5,7,9H2,1H3. The summed E-state index contributed by atoms with van der Waals surface area (Å²) < 4.78 is 5.25. The van der Waals surface area contributed by atoms with Crippen LogP contribution in [0.2, 0.25) is 0 Å². The molecule has 0 amide bonds. The van der Waals surface area contributed by atoms with Crippen molar-refractivity contribution in [2.45, 2.75) is 12.8 Å². The van der Waals surface area contributed by atoms with Crippen LogP contribution in [0, 0.1) is 11.3 Å². The molecule has 1 aromatic heterocycles. The normalized spacial score (nSPS) is 10.8. The first-order valence-electron chi connectivity index (χ1n) is 6.08. The fraction of sp³-hybridized carbons (Fsp3) is 0.357. The van der Waals surface area contributed by atoms with Gasteiger partial charge in [0.05, 0.1) is 19.0 Å². The highest BCUT2D eigenvalue weighted by Gasteiger charge is 2.07. The van der Waals surface area contributed by atoms with E-state index in [2.05, 4.69) is 4.98 Å². The number of likely N-dealkylation sites (N-methyl/N-ethyl adjacent to an activating group) is 1. The van der Waals surface area contributed by atoms with Crippen LogP contribution in [0.5, 0.6) is 0 Å². The molecule has 0 aliphatic rings. The second-order valence-corrected chi connectivity index (χ2v) is 4.52. The number of ketones is 1. The summed E-state index contributed by atoms with van der Waals surface area (Å²) in [4.78, 5) is 17.3. The smallest absolute Gasteiger partial charge is 0.181 e. The number of nitriles is 1. The fourth-order valence-electron chi connectivity index (χ4n) is 1.90. The zero-order valence-corrected chi connectivity index (χ0v) is 10.8. The second-order valence-electron chi connectivity index (χ2n) is 4.52. The Morgan fingerprint density at radius 2 is 2.37 bits per heavy atom. The number of carbonyl (C=O) groups excluding carboxylic acids is 1. The summed E-state index contributed by atoms with van der Waals surface area (Å²) >= 11 is 0. The summed E-state index contributed by atoms with van der Waals surface area (Å²) in [7, 11) is 1.88. The molecule has 0 bridgehead atoms. The summed E-state index contributed by atoms with van der Waals surface area (Å²) in [5, 5.41) is 8.43. The molecule has 0 atom stereocenters. The van der Waals surface area contributed by atoms with Gasteiger partial charge in [0, 0.05) is 6.54 Å². The van der Waals surface area contributed by atoms with Crippen molar-refractivity contribution in [3.63, 3.8) is 0 Å². The topological polar surface area (TPSA) is 70.1 Å². The Morgan fingerprint density at radius 3 is 3.16 bits per heavy atom. The monoisotopic (exact) mass is 257 g/mol. The van der Waals surface area contributed by atoms with Gasteiger partial charge in [-0.2, -0.15) is 5.26 Å². The lowest BCUT2D eigenvalue weighted by Crippen LogP contribution is -2.27. The maximum atomic E-state index is 11.3. The van der Waals surface area contributed by atoms with Crippen LogP contribution in [0.3, 0.4) is 0 Å². The van der Waals surface area contributed by atoms with Crippen LogP contribution >= 0.6 is 0 Å². The molecule has 0 radical (unpaired) electrons. The molecule has 0 fully saturated rings. The number of hydrogen-bond acceptors (Lipinski definition) is 5. The molecular weight excluding hydrogens is 242 g/mol. The van der Waals surface area contributed by atoms with Gasteiger partial charge >= 0.3 is 0 Å². The third kappa shape index (κ3) is 3.63. The van der Waals surface area contributed by atoms with E-state index in [9.17, 15) is 4.79 Å². The highest BCUT2D eigenvalue weighted by Crippen LogP contribution is 2.14. The van der Waals surface area contributed by atoms with E-state index < -0.39 is 0 Å². The molecule has 1 aromatic carbocycles. The van der Waals surface area contributed by atoms with Crippen LogP contribution in [0.4, 0.5) is 0 Å². The molecule has 0 N–H and O–H groups in total. The van der Waals surface area contributed by atoms with E-state index in [0.717, 1.165) is 29.6 Å². The van der Waals surface area contributed by atoms with Crippen molar-refractivity contribution < 1.29 is 9.21 Å². The zero-order chi connectivity index (χ0) is 13.7. The molecule has 5 nitrogen and oxygen atoms in total. The number of fused-ring (bicyclic) bond motifs is 1. The van der Waals surface area contributed by atoms with Gasteiger partial charge in [0.2, 0.25) is 0 Å². The lowest BCUT2D eigenvalue weighted by molar-refractivity contribution is -0.118. The lowest BCUT2D eigenvalue weighted by Gasteiger charge is -2.14. The average Bonchev–Trinajstić information content (AvgIpc) is 2.83. The first kappa shape index (κ1) is 13.2. The molecule has 0 saturated carbocycles. The third-order valence-electron chi connectivity index (χ3n) is 2.90. The van der Waals surface area contributed by atoms with Gasteiger partial charge in [0.1, 0.15) is 5.52 Å². The summed E-state index contributed by atoms with van der Waals surface area (Å²) in [6.45, 7) is 1.08. The largest absolute Gasteiger partial charge is 0.443 e. The molecular formula is C14H15N3O2. The number of oxazole rings is 1. The first-order chi connectivity index (χ1) is 9.19. The average molecular weight is 257 g/mol. The van der Waals surface area contributed by atoms with Crippen LogP contribution in [0.1, 0.15) is 12.0 Å². The van der Waals surface area contributed by atoms with Crippen LogP contribution in [0.15, 0.2) is 29.0 Å². The van der Waals surface area contributed by atoms with E-state index in [-0.39, 0.29) is 12.2 Å². The zero-order valence-electron chi connectivity index (χ0n) is 10.8. The van der Waals surface area contributed by atoms with E-state index in [1.807, 2.05) is 36.2 Å². The molecule has 0 saturated heterocycles. The molecule has 0 spiro atoms. The van der Waals surface area contributed by atoms with E-state index in [4.69, 9.17) is 9.68 Å². The van der Waals surface area contributed by atoms with Gasteiger partial charge in [0.25, 0.3) is 0 Å². The summed E-state index contributed by atoms with van der Waals surface area (Å²) in [5.74, 6) is -0.0457. The van der Waals surface area contributed by atoms with E-state index in [1.54, 1.807) is 0 Å². The van der Waals surface area contributed by atoms with Crippen molar-refractivity contribution in [3.8, 4) is 6.07 Å². The van der Waals surface area contributed by atoms with Crippen molar-refractivity contribution in [2.24, 2.45) is 0 Å². The van der Waals surface area contributed by atoms with Crippen molar-refractivity contribution in [1.82, 2.24) is 9.88 Å². The molecule has 19 heavy (non-hydrogen) atoms. The minimum Gasteiger partial charge on any atom is -0.443 e. The van der Waals surface area contributed by atoms with Crippen LogP contribution < -0.4 is 0 Å². The highest BCUT2D eigenvalue weighted by molar-refractivity contribution is 5.82. The van der Waals surface area contributed by atoms with Crippen molar-refractivity contribution >= 4 is 16.9 Å². The quantitative estimate of drug-likeness (QED) is 0.789. The summed E-state index contributed by atoms with van der Waals surface area (Å²) in [5.41, 5.74) is 2.77. The second kappa shape index (κ2) is 6.12. The van der Waals surface area contributed by atoms with Gasteiger partial charge < -0.3 is 4.42 Å². The predicted octanol–water partition coefficient (Wildman–Crippen LogP) is 1.78. The Morgan fingerprint density at radius 1 is 1.53 bits per heavy atom. The summed E-state index contributed by atoms with van der Waals surface area (Å²) in [6, 6.07) is 7.77. The fourth-order valence-corrected chi connectivity index (χ4v) is 1.90. The van der Waals surface area contributed by atoms with E-state index in [0.29, 0.717) is 6.54 Å². The van der Waals surface area contributed by atoms with Gasteiger partial charge in [-0.3, -0.25) is 9.69 Å². The van der Waals surface area contributed by atoms with Crippen molar-refractivity contribution in [3.05, 3.63) is 30.2 Å². The molecule has 98 valence electrons. The number of benzene rings is 1. The summed E-state index contributed by atoms with van der Waals surface area (Å²) in [6.07, 6.45) is 2.24. The van der Waals surface area contributed by atoms with E-state index >= 15 is 0 Å². The first-order valence-corrected chi connectivity index (χ1v) is 6.08. The van der Waals surface area contributed by atoms with Crippen LogP contribution in [-0.2, 0) is 11.2 Å². The predicted molar refractivity (Wildman–Crippen MR) is 70.4 cm³/mol. The number of nitrogens with zero attached hydrogens (tertiary/aromatic N) is 3. The lowest BCUT2D eigenvalue weighted by atomic mass is 10.1. The van der Waals surface area contributed by atoms with Gasteiger partial charge in [-0.15, -0.1) is 0 Å². The molecule has 5 heteroatoms. The molecule has 0 aliphatic carbocycles. The van der Waals surface area contributed by atoms with Gasteiger partial charge in [0.15, 0.2) is 17.8 Å². The van der Waals surface area contributed by atoms with Crippen molar-refractivity contribution in [1.29, 1.82) is 5.26 Å². The van der Waals surface area contributed by atoms with Gasteiger partial charge in [-0.1, -0.05) is 6.07 Å². The Kier molecular flexibility index (Phi) is 4.26. The molecule has 0 aliphatic heterocycles. The minimum absolute atomic E-state index is 0.0195. The van der Waals surface area contributed by atoms with E-state index in [1.165, 1.54) is 6.39 Å². The molecule has 2 rings (SSSR count). The third-order valence-corrected chi connectivity index (χ3v) is 2.90. The van der Waals surface area contributed by atoms with Crippen LogP contribution in [-0.4, -0.2) is 35.8 Å². The van der Waals surface area contributed by atoms with Gasteiger partial charge in [-0.25, -0.2) is 4.98 Å². The Bertz CT molecular complexity index is 612. The maximum absolute atomic E-state index is 11.3. The number of Topliss-reactive ketones (excluding diaryl/α,β-unsaturated/α-hetero) is 1.